The highest BCUT2D eigenvalue weighted by Gasteiger charge is 2.11. The second-order valence-electron chi connectivity index (χ2n) is 4.83. The molecular weight excluding hydrogens is 271 g/mol. The molecule has 4 nitrogen and oxygen atoms in total. The molecule has 2 aromatic rings. The van der Waals surface area contributed by atoms with E-state index in [1.807, 2.05) is 13.0 Å². The average molecular weight is 288 g/mol. The number of benzene rings is 2. The summed E-state index contributed by atoms with van der Waals surface area (Å²) < 4.78 is 13.3. The number of aromatic hydroxyl groups is 1. The zero-order chi connectivity index (χ0) is 15.4. The first-order valence-corrected chi connectivity index (χ1v) is 6.58. The number of amides is 1. The van der Waals surface area contributed by atoms with Gasteiger partial charge in [0.1, 0.15) is 11.6 Å². The molecule has 2 aromatic carbocycles. The molecule has 0 aliphatic heterocycles. The standard InChI is InChI=1S/C16H17FN2O2/c1-10(15-8-12(17)6-7-16(15)21)18-13-4-3-5-14(9-13)19-11(2)20/h3-10,18,21H,1-2H3,(H,19,20). The predicted molar refractivity (Wildman–Crippen MR) is 80.8 cm³/mol. The highest BCUT2D eigenvalue weighted by molar-refractivity contribution is 5.89. The van der Waals surface area contributed by atoms with Gasteiger partial charge in [-0.15, -0.1) is 0 Å². The van der Waals surface area contributed by atoms with E-state index in [2.05, 4.69) is 10.6 Å². The van der Waals surface area contributed by atoms with Crippen LogP contribution in [0.15, 0.2) is 42.5 Å². The van der Waals surface area contributed by atoms with Crippen LogP contribution in [0.25, 0.3) is 0 Å². The third-order valence-corrected chi connectivity index (χ3v) is 3.02. The minimum Gasteiger partial charge on any atom is -0.508 e. The van der Waals surface area contributed by atoms with E-state index in [0.717, 1.165) is 5.69 Å². The van der Waals surface area contributed by atoms with Crippen LogP contribution < -0.4 is 10.6 Å². The van der Waals surface area contributed by atoms with Crippen LogP contribution in [0.3, 0.4) is 0 Å². The number of phenols is 1. The fraction of sp³-hybridized carbons (Fsp3) is 0.188. The fourth-order valence-electron chi connectivity index (χ4n) is 2.09. The van der Waals surface area contributed by atoms with Gasteiger partial charge in [-0.3, -0.25) is 4.79 Å². The Kier molecular flexibility index (Phi) is 4.42. The lowest BCUT2D eigenvalue weighted by atomic mass is 10.1. The average Bonchev–Trinajstić information content (AvgIpc) is 2.41. The number of rotatable bonds is 4. The van der Waals surface area contributed by atoms with Crippen molar-refractivity contribution in [2.24, 2.45) is 0 Å². The van der Waals surface area contributed by atoms with Crippen molar-refractivity contribution in [1.29, 1.82) is 0 Å². The lowest BCUT2D eigenvalue weighted by Crippen LogP contribution is -2.09. The summed E-state index contributed by atoms with van der Waals surface area (Å²) >= 11 is 0. The molecule has 2 rings (SSSR count). The van der Waals surface area contributed by atoms with E-state index in [1.54, 1.807) is 18.2 Å². The third kappa shape index (κ3) is 3.95. The first-order chi connectivity index (χ1) is 9.95. The molecule has 3 N–H and O–H groups in total. The van der Waals surface area contributed by atoms with Crippen LogP contribution >= 0.6 is 0 Å². The summed E-state index contributed by atoms with van der Waals surface area (Å²) in [5.74, 6) is -0.513. The molecule has 0 heterocycles. The molecule has 0 spiro atoms. The minimum absolute atomic E-state index is 0.0365. The van der Waals surface area contributed by atoms with Crippen LogP contribution in [0.2, 0.25) is 0 Å². The van der Waals surface area contributed by atoms with Gasteiger partial charge in [-0.05, 0) is 43.3 Å². The number of hydrogen-bond acceptors (Lipinski definition) is 3. The normalized spacial score (nSPS) is 11.8. The van der Waals surface area contributed by atoms with Crippen molar-refractivity contribution in [2.75, 3.05) is 10.6 Å². The second kappa shape index (κ2) is 6.26. The number of hydrogen-bond donors (Lipinski definition) is 3. The maximum Gasteiger partial charge on any atom is 0.221 e. The van der Waals surface area contributed by atoms with Gasteiger partial charge in [0, 0.05) is 23.9 Å². The van der Waals surface area contributed by atoms with Crippen LogP contribution in [0, 0.1) is 5.82 Å². The van der Waals surface area contributed by atoms with Crippen molar-refractivity contribution in [2.45, 2.75) is 19.9 Å². The van der Waals surface area contributed by atoms with Crippen molar-refractivity contribution in [3.63, 3.8) is 0 Å². The van der Waals surface area contributed by atoms with E-state index < -0.39 is 5.82 Å². The summed E-state index contributed by atoms with van der Waals surface area (Å²) in [6, 6.07) is 10.7. The highest BCUT2D eigenvalue weighted by atomic mass is 19.1. The van der Waals surface area contributed by atoms with Gasteiger partial charge in [-0.25, -0.2) is 4.39 Å². The summed E-state index contributed by atoms with van der Waals surface area (Å²) in [6.07, 6.45) is 0. The number of carbonyl (C=O) groups excluding carboxylic acids is 1. The van der Waals surface area contributed by atoms with Gasteiger partial charge >= 0.3 is 0 Å². The van der Waals surface area contributed by atoms with Crippen LogP contribution in [-0.4, -0.2) is 11.0 Å². The molecule has 0 fully saturated rings. The SMILES string of the molecule is CC(=O)Nc1cccc(NC(C)c2cc(F)ccc2O)c1. The Morgan fingerprint density at radius 3 is 2.62 bits per heavy atom. The van der Waals surface area contributed by atoms with Gasteiger partial charge in [0.05, 0.1) is 6.04 Å². The molecule has 0 saturated heterocycles. The van der Waals surface area contributed by atoms with Crippen molar-refractivity contribution >= 4 is 17.3 Å². The monoisotopic (exact) mass is 288 g/mol. The molecular formula is C16H17FN2O2. The summed E-state index contributed by atoms with van der Waals surface area (Å²) in [6.45, 7) is 3.26. The Morgan fingerprint density at radius 1 is 1.19 bits per heavy atom. The Balaban J connectivity index is 2.17. The number of anilines is 2. The fourth-order valence-corrected chi connectivity index (χ4v) is 2.09. The van der Waals surface area contributed by atoms with Gasteiger partial charge in [-0.2, -0.15) is 0 Å². The van der Waals surface area contributed by atoms with E-state index in [0.29, 0.717) is 11.3 Å². The van der Waals surface area contributed by atoms with Gasteiger partial charge < -0.3 is 15.7 Å². The topological polar surface area (TPSA) is 61.4 Å². The molecule has 5 heteroatoms. The van der Waals surface area contributed by atoms with E-state index >= 15 is 0 Å². The Labute approximate surface area is 122 Å². The van der Waals surface area contributed by atoms with Crippen LogP contribution in [0.5, 0.6) is 5.75 Å². The summed E-state index contributed by atoms with van der Waals surface area (Å²) in [5, 5.41) is 15.6. The Bertz CT molecular complexity index is 658. The molecule has 0 aliphatic rings. The van der Waals surface area contributed by atoms with Gasteiger partial charge in [0.25, 0.3) is 0 Å². The summed E-state index contributed by atoms with van der Waals surface area (Å²) in [4.78, 5) is 11.0. The third-order valence-electron chi connectivity index (χ3n) is 3.02. The predicted octanol–water partition coefficient (Wildman–Crippen LogP) is 3.66. The van der Waals surface area contributed by atoms with E-state index in [1.165, 1.54) is 25.1 Å². The number of carbonyl (C=O) groups is 1. The highest BCUT2D eigenvalue weighted by Crippen LogP contribution is 2.28. The minimum atomic E-state index is -0.400. The van der Waals surface area contributed by atoms with E-state index in [9.17, 15) is 14.3 Å². The molecule has 0 aromatic heterocycles. The maximum atomic E-state index is 13.3. The lowest BCUT2D eigenvalue weighted by molar-refractivity contribution is -0.114. The molecule has 0 saturated carbocycles. The number of phenolic OH excluding ortho intramolecular Hbond substituents is 1. The smallest absolute Gasteiger partial charge is 0.221 e. The molecule has 21 heavy (non-hydrogen) atoms. The van der Waals surface area contributed by atoms with Gasteiger partial charge in [0.15, 0.2) is 0 Å². The maximum absolute atomic E-state index is 13.3. The number of nitrogens with one attached hydrogen (secondary N) is 2. The van der Waals surface area contributed by atoms with Crippen LogP contribution in [-0.2, 0) is 4.79 Å². The van der Waals surface area contributed by atoms with Gasteiger partial charge in [0.2, 0.25) is 5.91 Å². The summed E-state index contributed by atoms with van der Waals surface area (Å²) in [7, 11) is 0. The molecule has 110 valence electrons. The Morgan fingerprint density at radius 2 is 1.90 bits per heavy atom. The number of halogens is 1. The molecule has 1 atom stereocenters. The van der Waals surface area contributed by atoms with Crippen molar-refractivity contribution in [3.8, 4) is 5.75 Å². The van der Waals surface area contributed by atoms with E-state index in [-0.39, 0.29) is 17.7 Å². The molecule has 0 aliphatic carbocycles. The zero-order valence-electron chi connectivity index (χ0n) is 11.9. The first-order valence-electron chi connectivity index (χ1n) is 6.58. The quantitative estimate of drug-likeness (QED) is 0.804. The van der Waals surface area contributed by atoms with Crippen molar-refractivity contribution in [3.05, 3.63) is 53.8 Å². The summed E-state index contributed by atoms with van der Waals surface area (Å²) in [5.41, 5.74) is 1.90. The van der Waals surface area contributed by atoms with Crippen molar-refractivity contribution < 1.29 is 14.3 Å². The zero-order valence-corrected chi connectivity index (χ0v) is 11.9. The molecule has 1 unspecified atom stereocenters. The van der Waals surface area contributed by atoms with Gasteiger partial charge in [-0.1, -0.05) is 6.07 Å². The molecule has 0 radical (unpaired) electrons. The lowest BCUT2D eigenvalue weighted by Gasteiger charge is -2.17. The largest absolute Gasteiger partial charge is 0.508 e. The first kappa shape index (κ1) is 14.8. The second-order valence-corrected chi connectivity index (χ2v) is 4.83. The Hall–Kier alpha value is -2.56. The van der Waals surface area contributed by atoms with Crippen LogP contribution in [0.1, 0.15) is 25.5 Å². The molecule has 0 bridgehead atoms. The van der Waals surface area contributed by atoms with Crippen molar-refractivity contribution in [1.82, 2.24) is 0 Å². The van der Waals surface area contributed by atoms with E-state index in [4.69, 9.17) is 0 Å². The molecule has 1 amide bonds. The van der Waals surface area contributed by atoms with Crippen LogP contribution in [0.4, 0.5) is 15.8 Å².